The molecule has 5 nitrogen and oxygen atoms in total. The molecule has 3 N–H and O–H groups in total. The molecule has 1 atom stereocenters. The van der Waals surface area contributed by atoms with E-state index in [-0.39, 0.29) is 24.4 Å². The SMILES string of the molecule is O=c1[nH]c([C@@H](O)CCO)nc2ccccc12. The van der Waals surface area contributed by atoms with Gasteiger partial charge in [0.25, 0.3) is 5.56 Å². The molecule has 0 aliphatic rings. The molecule has 5 heteroatoms. The van der Waals surface area contributed by atoms with Crippen LogP contribution in [0.3, 0.4) is 0 Å². The van der Waals surface area contributed by atoms with E-state index in [1.807, 2.05) is 0 Å². The number of nitrogens with one attached hydrogen (secondary N) is 1. The van der Waals surface area contributed by atoms with Crippen molar-refractivity contribution in [3.8, 4) is 0 Å². The van der Waals surface area contributed by atoms with Crippen molar-refractivity contribution in [2.75, 3.05) is 6.61 Å². The summed E-state index contributed by atoms with van der Waals surface area (Å²) in [6.45, 7) is -0.155. The summed E-state index contributed by atoms with van der Waals surface area (Å²) >= 11 is 0. The number of para-hydroxylation sites is 1. The Morgan fingerprint density at radius 3 is 2.88 bits per heavy atom. The number of rotatable bonds is 3. The molecule has 1 aromatic heterocycles. The molecule has 0 fully saturated rings. The second-order valence-corrected chi connectivity index (χ2v) is 3.50. The number of hydrogen-bond donors (Lipinski definition) is 3. The molecule has 0 amide bonds. The maximum atomic E-state index is 11.6. The second kappa shape index (κ2) is 4.42. The number of aromatic nitrogens is 2. The highest BCUT2D eigenvalue weighted by atomic mass is 16.3. The summed E-state index contributed by atoms with van der Waals surface area (Å²) in [6, 6.07) is 6.91. The summed E-state index contributed by atoms with van der Waals surface area (Å²) in [6.07, 6.45) is -0.788. The molecule has 1 aromatic carbocycles. The Hall–Kier alpha value is -1.72. The molecule has 84 valence electrons. The molecule has 0 radical (unpaired) electrons. The van der Waals surface area contributed by atoms with E-state index < -0.39 is 6.10 Å². The number of aromatic amines is 1. The minimum absolute atomic E-state index is 0.154. The molecule has 2 aromatic rings. The van der Waals surface area contributed by atoms with Crippen molar-refractivity contribution in [1.29, 1.82) is 0 Å². The van der Waals surface area contributed by atoms with Crippen molar-refractivity contribution in [1.82, 2.24) is 9.97 Å². The van der Waals surface area contributed by atoms with Crippen LogP contribution in [-0.4, -0.2) is 26.8 Å². The Morgan fingerprint density at radius 1 is 1.38 bits per heavy atom. The van der Waals surface area contributed by atoms with Gasteiger partial charge in [0.2, 0.25) is 0 Å². The van der Waals surface area contributed by atoms with Gasteiger partial charge in [-0.15, -0.1) is 0 Å². The van der Waals surface area contributed by atoms with Gasteiger partial charge in [0, 0.05) is 13.0 Å². The highest BCUT2D eigenvalue weighted by Crippen LogP contribution is 2.13. The standard InChI is InChI=1S/C11H12N2O3/c14-6-5-9(15)10-12-8-4-2-1-3-7(8)11(16)13-10/h1-4,9,14-15H,5-6H2,(H,12,13,16)/t9-/m0/s1. The first-order valence-corrected chi connectivity index (χ1v) is 5.00. The van der Waals surface area contributed by atoms with Gasteiger partial charge in [-0.3, -0.25) is 4.79 Å². The number of H-pyrrole nitrogens is 1. The number of hydrogen-bond acceptors (Lipinski definition) is 4. The van der Waals surface area contributed by atoms with Gasteiger partial charge in [0.1, 0.15) is 11.9 Å². The number of nitrogens with zero attached hydrogens (tertiary/aromatic N) is 1. The van der Waals surface area contributed by atoms with Crippen LogP contribution in [0.4, 0.5) is 0 Å². The number of aliphatic hydroxyl groups is 2. The Bertz CT molecular complexity index is 550. The molecule has 0 aliphatic carbocycles. The first kappa shape index (κ1) is 10.8. The Kier molecular flexibility index (Phi) is 2.98. The monoisotopic (exact) mass is 220 g/mol. The first-order valence-electron chi connectivity index (χ1n) is 5.00. The maximum Gasteiger partial charge on any atom is 0.258 e. The number of aliphatic hydroxyl groups excluding tert-OH is 2. The van der Waals surface area contributed by atoms with E-state index in [9.17, 15) is 9.90 Å². The summed E-state index contributed by atoms with van der Waals surface area (Å²) in [5.74, 6) is 0.192. The van der Waals surface area contributed by atoms with E-state index in [2.05, 4.69) is 9.97 Å². The summed E-state index contributed by atoms with van der Waals surface area (Å²) in [5, 5.41) is 18.8. The van der Waals surface area contributed by atoms with Crippen LogP contribution in [0.2, 0.25) is 0 Å². The van der Waals surface area contributed by atoms with Crippen molar-refractivity contribution >= 4 is 10.9 Å². The van der Waals surface area contributed by atoms with Gasteiger partial charge >= 0.3 is 0 Å². The Morgan fingerprint density at radius 2 is 2.12 bits per heavy atom. The minimum atomic E-state index is -0.942. The lowest BCUT2D eigenvalue weighted by molar-refractivity contribution is 0.126. The van der Waals surface area contributed by atoms with Crippen molar-refractivity contribution < 1.29 is 10.2 Å². The third-order valence-electron chi connectivity index (χ3n) is 2.35. The Balaban J connectivity index is 2.54. The quantitative estimate of drug-likeness (QED) is 0.696. The van der Waals surface area contributed by atoms with E-state index in [4.69, 9.17) is 5.11 Å². The molecule has 0 aliphatic heterocycles. The highest BCUT2D eigenvalue weighted by Gasteiger charge is 2.11. The summed E-state index contributed by atoms with van der Waals surface area (Å²) < 4.78 is 0. The molecular formula is C11H12N2O3. The van der Waals surface area contributed by atoms with Crippen molar-refractivity contribution in [2.24, 2.45) is 0 Å². The molecule has 16 heavy (non-hydrogen) atoms. The van der Waals surface area contributed by atoms with E-state index >= 15 is 0 Å². The summed E-state index contributed by atoms with van der Waals surface area (Å²) in [7, 11) is 0. The van der Waals surface area contributed by atoms with Crippen LogP contribution in [0.5, 0.6) is 0 Å². The van der Waals surface area contributed by atoms with Crippen molar-refractivity contribution in [3.63, 3.8) is 0 Å². The van der Waals surface area contributed by atoms with Gasteiger partial charge in [-0.1, -0.05) is 12.1 Å². The molecule has 0 saturated heterocycles. The largest absolute Gasteiger partial charge is 0.396 e. The lowest BCUT2D eigenvalue weighted by atomic mass is 10.2. The van der Waals surface area contributed by atoms with E-state index in [1.54, 1.807) is 24.3 Å². The zero-order valence-electron chi connectivity index (χ0n) is 8.55. The highest BCUT2D eigenvalue weighted by molar-refractivity contribution is 5.77. The fourth-order valence-corrected chi connectivity index (χ4v) is 1.52. The van der Waals surface area contributed by atoms with Crippen molar-refractivity contribution in [3.05, 3.63) is 40.4 Å². The fraction of sp³-hybridized carbons (Fsp3) is 0.273. The first-order chi connectivity index (χ1) is 7.72. The predicted molar refractivity (Wildman–Crippen MR) is 59.0 cm³/mol. The molecule has 1 heterocycles. The van der Waals surface area contributed by atoms with Gasteiger partial charge in [0.15, 0.2) is 0 Å². The third-order valence-corrected chi connectivity index (χ3v) is 2.35. The smallest absolute Gasteiger partial charge is 0.258 e. The topological polar surface area (TPSA) is 86.2 Å². The van der Waals surface area contributed by atoms with Crippen LogP contribution in [0, 0.1) is 0 Å². The van der Waals surface area contributed by atoms with Crippen LogP contribution >= 0.6 is 0 Å². The van der Waals surface area contributed by atoms with Crippen LogP contribution < -0.4 is 5.56 Å². The summed E-state index contributed by atoms with van der Waals surface area (Å²) in [5.41, 5.74) is 0.260. The normalized spacial score (nSPS) is 12.9. The fourth-order valence-electron chi connectivity index (χ4n) is 1.52. The van der Waals surface area contributed by atoms with Crippen LogP contribution in [-0.2, 0) is 0 Å². The van der Waals surface area contributed by atoms with Crippen molar-refractivity contribution in [2.45, 2.75) is 12.5 Å². The minimum Gasteiger partial charge on any atom is -0.396 e. The van der Waals surface area contributed by atoms with Gasteiger partial charge in [0.05, 0.1) is 10.9 Å². The zero-order chi connectivity index (χ0) is 11.5. The molecular weight excluding hydrogens is 208 g/mol. The van der Waals surface area contributed by atoms with Crippen LogP contribution in [0.1, 0.15) is 18.3 Å². The lowest BCUT2D eigenvalue weighted by Gasteiger charge is -2.08. The van der Waals surface area contributed by atoms with E-state index in [0.717, 1.165) is 0 Å². The molecule has 0 spiro atoms. The van der Waals surface area contributed by atoms with E-state index in [0.29, 0.717) is 10.9 Å². The number of benzene rings is 1. The van der Waals surface area contributed by atoms with E-state index in [1.165, 1.54) is 0 Å². The van der Waals surface area contributed by atoms with Gasteiger partial charge in [-0.05, 0) is 12.1 Å². The van der Waals surface area contributed by atoms with Crippen LogP contribution in [0.25, 0.3) is 10.9 Å². The number of fused-ring (bicyclic) bond motifs is 1. The average Bonchev–Trinajstić information content (AvgIpc) is 2.29. The molecule has 0 saturated carbocycles. The average molecular weight is 220 g/mol. The van der Waals surface area contributed by atoms with Gasteiger partial charge in [-0.25, -0.2) is 4.98 Å². The van der Waals surface area contributed by atoms with Gasteiger partial charge < -0.3 is 15.2 Å². The molecule has 2 rings (SSSR count). The Labute approximate surface area is 91.4 Å². The predicted octanol–water partition coefficient (Wildman–Crippen LogP) is 0.339. The lowest BCUT2D eigenvalue weighted by Crippen LogP contribution is -2.15. The van der Waals surface area contributed by atoms with Crippen LogP contribution in [0.15, 0.2) is 29.1 Å². The summed E-state index contributed by atoms with van der Waals surface area (Å²) in [4.78, 5) is 18.3. The zero-order valence-corrected chi connectivity index (χ0v) is 8.55. The maximum absolute atomic E-state index is 11.6. The second-order valence-electron chi connectivity index (χ2n) is 3.50. The molecule has 0 unspecified atom stereocenters. The third kappa shape index (κ3) is 1.95. The molecule has 0 bridgehead atoms. The van der Waals surface area contributed by atoms with Gasteiger partial charge in [-0.2, -0.15) is 0 Å².